The van der Waals surface area contributed by atoms with Gasteiger partial charge in [-0.05, 0) is 20.5 Å². The Morgan fingerprint density at radius 3 is 1.90 bits per heavy atom. The van der Waals surface area contributed by atoms with Crippen LogP contribution in [0, 0.1) is 19.3 Å². The molecule has 0 aliphatic rings. The first-order valence-corrected chi connectivity index (χ1v) is 3.02. The van der Waals surface area contributed by atoms with Gasteiger partial charge in [-0.2, -0.15) is 6.92 Å². The molecule has 1 nitrogen and oxygen atoms in total. The van der Waals surface area contributed by atoms with Crippen LogP contribution >= 0.6 is 0 Å². The van der Waals surface area contributed by atoms with Crippen LogP contribution in [0.2, 0.25) is 0 Å². The Bertz CT molecular complexity index is 73.8. The van der Waals surface area contributed by atoms with Gasteiger partial charge in [-0.15, -0.1) is 0 Å². The summed E-state index contributed by atoms with van der Waals surface area (Å²) in [6, 6.07) is 0. The monoisotopic (exact) mass is 189 g/mol. The number of hydrogen-bond acceptors (Lipinski definition) is 1. The topological polar surface area (TPSA) is 3.24 Å². The third-order valence-corrected chi connectivity index (χ3v) is 0.684. The third-order valence-electron chi connectivity index (χ3n) is 0.684. The smallest absolute Gasteiger partial charge is 0.694 e. The standard InChI is InChI=1S/C6H10N.C2H5.Zn/c1-4-5-6-7(2)3;1-2;/h5-6H2,2-3H3;1H2,2H3;/q2*-1;+2. The molecule has 0 rings (SSSR count). The molecule has 0 saturated carbocycles. The summed E-state index contributed by atoms with van der Waals surface area (Å²) in [5.41, 5.74) is 0. The maximum absolute atomic E-state index is 6.52. The van der Waals surface area contributed by atoms with E-state index in [9.17, 15) is 0 Å². The molecule has 0 atom stereocenters. The van der Waals surface area contributed by atoms with Crippen LogP contribution in [0.4, 0.5) is 0 Å². The van der Waals surface area contributed by atoms with Crippen molar-refractivity contribution in [3.63, 3.8) is 0 Å². The maximum Gasteiger partial charge on any atom is 2.00 e. The van der Waals surface area contributed by atoms with Crippen LogP contribution in [0.1, 0.15) is 13.3 Å². The second kappa shape index (κ2) is 16.1. The third kappa shape index (κ3) is 24.2. The van der Waals surface area contributed by atoms with Gasteiger partial charge in [0.05, 0.1) is 0 Å². The summed E-state index contributed by atoms with van der Waals surface area (Å²) < 4.78 is 0. The Morgan fingerprint density at radius 2 is 1.80 bits per heavy atom. The predicted octanol–water partition coefficient (Wildman–Crippen LogP) is 1.37. The van der Waals surface area contributed by atoms with Gasteiger partial charge in [0.2, 0.25) is 0 Å². The summed E-state index contributed by atoms with van der Waals surface area (Å²) in [5, 5.41) is 0. The van der Waals surface area contributed by atoms with E-state index in [4.69, 9.17) is 6.42 Å². The summed E-state index contributed by atoms with van der Waals surface area (Å²) in [7, 11) is 3.97. The van der Waals surface area contributed by atoms with Crippen LogP contribution < -0.4 is 0 Å². The van der Waals surface area contributed by atoms with Crippen molar-refractivity contribution in [1.29, 1.82) is 0 Å². The molecule has 54 valence electrons. The normalized spacial score (nSPS) is 6.80. The van der Waals surface area contributed by atoms with Crippen molar-refractivity contribution in [3.05, 3.63) is 13.3 Å². The summed E-state index contributed by atoms with van der Waals surface area (Å²) in [6.07, 6.45) is 7.26. The van der Waals surface area contributed by atoms with E-state index in [1.807, 2.05) is 19.0 Å². The Morgan fingerprint density at radius 1 is 1.40 bits per heavy atom. The molecule has 0 heterocycles. The summed E-state index contributed by atoms with van der Waals surface area (Å²) >= 11 is 0. The minimum absolute atomic E-state index is 0. The largest absolute Gasteiger partial charge is 2.00 e. The van der Waals surface area contributed by atoms with Gasteiger partial charge in [0.1, 0.15) is 0 Å². The Labute approximate surface area is 77.9 Å². The molecule has 0 bridgehead atoms. The van der Waals surface area contributed by atoms with Gasteiger partial charge in [-0.1, -0.05) is 0 Å². The molecule has 0 aromatic carbocycles. The quantitative estimate of drug-likeness (QED) is 0.361. The van der Waals surface area contributed by atoms with Crippen LogP contribution in [-0.2, 0) is 19.5 Å². The van der Waals surface area contributed by atoms with Crippen molar-refractivity contribution in [3.8, 4) is 5.92 Å². The van der Waals surface area contributed by atoms with E-state index in [2.05, 4.69) is 12.8 Å². The van der Waals surface area contributed by atoms with Crippen molar-refractivity contribution >= 4 is 0 Å². The van der Waals surface area contributed by atoms with Crippen molar-refractivity contribution in [2.75, 3.05) is 20.6 Å². The first-order valence-electron chi connectivity index (χ1n) is 3.02. The molecule has 10 heavy (non-hydrogen) atoms. The van der Waals surface area contributed by atoms with E-state index in [1.165, 1.54) is 0 Å². The second-order valence-corrected chi connectivity index (χ2v) is 1.73. The molecule has 0 aliphatic carbocycles. The molecule has 0 aromatic rings. The first-order chi connectivity index (χ1) is 4.27. The van der Waals surface area contributed by atoms with Gasteiger partial charge in [-0.3, -0.25) is 0 Å². The fourth-order valence-corrected chi connectivity index (χ4v) is 0.280. The van der Waals surface area contributed by atoms with Gasteiger partial charge < -0.3 is 24.2 Å². The number of hydrogen-bond donors (Lipinski definition) is 0. The van der Waals surface area contributed by atoms with E-state index in [-0.39, 0.29) is 19.5 Å². The van der Waals surface area contributed by atoms with Gasteiger partial charge >= 0.3 is 19.5 Å². The minimum Gasteiger partial charge on any atom is -0.694 e. The van der Waals surface area contributed by atoms with Crippen LogP contribution in [-0.4, -0.2) is 25.5 Å². The molecule has 0 aliphatic heterocycles. The van der Waals surface area contributed by atoms with Crippen LogP contribution in [0.5, 0.6) is 0 Å². The summed E-state index contributed by atoms with van der Waals surface area (Å²) in [6.45, 7) is 5.93. The predicted molar refractivity (Wildman–Crippen MR) is 41.3 cm³/mol. The summed E-state index contributed by atoms with van der Waals surface area (Å²) in [5.74, 6) is 2.31. The molecule has 0 fully saturated rings. The maximum atomic E-state index is 6.52. The zero-order chi connectivity index (χ0) is 7.70. The molecular formula is C8H15NZn. The van der Waals surface area contributed by atoms with Gasteiger partial charge in [0.25, 0.3) is 0 Å². The van der Waals surface area contributed by atoms with Gasteiger partial charge in [-0.25, -0.2) is 0 Å². The van der Waals surface area contributed by atoms with Crippen molar-refractivity contribution < 1.29 is 19.5 Å². The van der Waals surface area contributed by atoms with Crippen LogP contribution in [0.25, 0.3) is 0 Å². The van der Waals surface area contributed by atoms with E-state index < -0.39 is 0 Å². The van der Waals surface area contributed by atoms with Crippen molar-refractivity contribution in [2.24, 2.45) is 0 Å². The number of rotatable bonds is 2. The zero-order valence-electron chi connectivity index (χ0n) is 7.28. The van der Waals surface area contributed by atoms with Crippen molar-refractivity contribution in [1.82, 2.24) is 4.90 Å². The molecule has 0 aromatic heterocycles. The molecule has 0 amide bonds. The average Bonchev–Trinajstić information content (AvgIpc) is 1.88. The molecule has 0 radical (unpaired) electrons. The van der Waals surface area contributed by atoms with Crippen LogP contribution in [0.15, 0.2) is 0 Å². The van der Waals surface area contributed by atoms with E-state index >= 15 is 0 Å². The molecule has 2 heteroatoms. The first kappa shape index (κ1) is 16.6. The molecule has 0 N–H and O–H groups in total. The Hall–Kier alpha value is 0.143. The number of nitrogens with zero attached hydrogens (tertiary/aromatic N) is 1. The van der Waals surface area contributed by atoms with E-state index in [1.54, 1.807) is 6.92 Å². The Balaban J connectivity index is -0.000000149. The second-order valence-electron chi connectivity index (χ2n) is 1.73. The minimum atomic E-state index is 0. The average molecular weight is 191 g/mol. The van der Waals surface area contributed by atoms with Gasteiger partial charge in [0.15, 0.2) is 0 Å². The fourth-order valence-electron chi connectivity index (χ4n) is 0.280. The van der Waals surface area contributed by atoms with E-state index in [0.29, 0.717) is 0 Å². The molecular weight excluding hydrogens is 175 g/mol. The molecule has 0 unspecified atom stereocenters. The molecule has 0 spiro atoms. The fraction of sp³-hybridized carbons (Fsp3) is 0.625. The Kier molecular flexibility index (Phi) is 26.7. The molecule has 0 saturated heterocycles. The van der Waals surface area contributed by atoms with Crippen molar-refractivity contribution in [2.45, 2.75) is 13.3 Å². The SMILES string of the molecule is [C-]#CCCN(C)C.[CH2-]C.[Zn+2]. The van der Waals surface area contributed by atoms with E-state index in [0.717, 1.165) is 13.0 Å². The zero-order valence-corrected chi connectivity index (χ0v) is 10.2. The summed E-state index contributed by atoms with van der Waals surface area (Å²) in [4.78, 5) is 2.03. The van der Waals surface area contributed by atoms with Crippen LogP contribution in [0.3, 0.4) is 0 Å². The van der Waals surface area contributed by atoms with Gasteiger partial charge in [0, 0.05) is 6.54 Å².